The first-order chi connectivity index (χ1) is 37.3. The van der Waals surface area contributed by atoms with Crippen LogP contribution in [0.15, 0.2) is 0 Å². The molecule has 0 fully saturated rings. The summed E-state index contributed by atoms with van der Waals surface area (Å²) in [5.41, 5.74) is -3.47. The second-order valence-electron chi connectivity index (χ2n) is 23.7. The summed E-state index contributed by atoms with van der Waals surface area (Å²) in [7, 11) is 0. The van der Waals surface area contributed by atoms with Gasteiger partial charge in [0, 0.05) is 76.0 Å². The van der Waals surface area contributed by atoms with Crippen LogP contribution in [0.3, 0.4) is 0 Å². The van der Waals surface area contributed by atoms with Crippen molar-refractivity contribution in [3.63, 3.8) is 0 Å². The van der Waals surface area contributed by atoms with Crippen LogP contribution in [-0.4, -0.2) is 69.9 Å². The van der Waals surface area contributed by atoms with Gasteiger partial charge < -0.3 is 39.6 Å². The molecule has 0 aliphatic rings. The molecule has 0 bridgehead atoms. The van der Waals surface area contributed by atoms with Crippen molar-refractivity contribution in [2.75, 3.05) is 46.0 Å². The second-order valence-corrected chi connectivity index (χ2v) is 28.3. The number of rotatable bonds is 62. The fourth-order valence-corrected chi connectivity index (χ4v) is 16.7. The summed E-state index contributed by atoms with van der Waals surface area (Å²) >= 11 is 5.80. The Morgan fingerprint density at radius 2 is 0.494 bits per heavy atom. The third-order valence-corrected chi connectivity index (χ3v) is 21.2. The molecule has 0 aromatic heterocycles. The maximum atomic E-state index is 14.0. The van der Waals surface area contributed by atoms with E-state index in [9.17, 15) is 39.6 Å². The molecule has 0 aliphatic carbocycles. The second kappa shape index (κ2) is 53.3. The van der Waals surface area contributed by atoms with Crippen molar-refractivity contribution in [2.24, 2.45) is 34.5 Å². The van der Waals surface area contributed by atoms with Gasteiger partial charge in [0.25, 0.3) is 0 Å². The predicted molar refractivity (Wildman–Crippen MR) is 331 cm³/mol. The van der Waals surface area contributed by atoms with Crippen LogP contribution in [0.25, 0.3) is 0 Å². The lowest BCUT2D eigenvalue weighted by molar-refractivity contribution is -0.338. The lowest BCUT2D eigenvalue weighted by Gasteiger charge is -2.61. The molecular formula is C65H120O8S4-4. The van der Waals surface area contributed by atoms with Gasteiger partial charge in [0.15, 0.2) is 0 Å². The van der Waals surface area contributed by atoms with Gasteiger partial charge in [0.2, 0.25) is 0 Å². The maximum Gasteiger partial charge on any atom is 0.0459 e. The van der Waals surface area contributed by atoms with E-state index in [4.69, 9.17) is 0 Å². The van der Waals surface area contributed by atoms with Gasteiger partial charge in [-0.1, -0.05) is 273 Å². The summed E-state index contributed by atoms with van der Waals surface area (Å²) in [4.78, 5) is 55.4. The number of thioether (sulfide) groups is 4. The summed E-state index contributed by atoms with van der Waals surface area (Å²) in [5.74, 6) is -8.70. The molecule has 0 N–H and O–H groups in total. The zero-order valence-corrected chi connectivity index (χ0v) is 54.1. The Bertz CT molecular complexity index is 1270. The average molecular weight is 1160 g/mol. The van der Waals surface area contributed by atoms with Gasteiger partial charge in [-0.15, -0.1) is 0 Å². The molecule has 0 aromatic carbocycles. The lowest BCUT2D eigenvalue weighted by atomic mass is 9.47. The molecule has 0 amide bonds. The van der Waals surface area contributed by atoms with Crippen LogP contribution in [0.1, 0.15) is 305 Å². The molecule has 77 heavy (non-hydrogen) atoms. The van der Waals surface area contributed by atoms with E-state index in [2.05, 4.69) is 27.7 Å². The molecule has 4 unspecified atom stereocenters. The normalized spacial score (nSPS) is 14.3. The summed E-state index contributed by atoms with van der Waals surface area (Å²) in [6.07, 6.45) is 46.6. The molecule has 8 nitrogen and oxygen atoms in total. The van der Waals surface area contributed by atoms with Gasteiger partial charge in [-0.05, 0) is 60.5 Å². The molecule has 0 spiro atoms. The zero-order chi connectivity index (χ0) is 57.1. The average Bonchev–Trinajstić information content (AvgIpc) is 3.39. The molecule has 0 heterocycles. The summed E-state index contributed by atoms with van der Waals surface area (Å²) < 4.78 is 0. The Kier molecular flexibility index (Phi) is 52.8. The number of aliphatic carboxylic acids is 4. The summed E-state index contributed by atoms with van der Waals surface area (Å²) in [6, 6.07) is 0. The Morgan fingerprint density at radius 3 is 0.688 bits per heavy atom. The number of carboxylic acid groups (broad SMARTS) is 4. The highest BCUT2D eigenvalue weighted by Gasteiger charge is 2.60. The zero-order valence-electron chi connectivity index (χ0n) is 50.9. The third-order valence-electron chi connectivity index (χ3n) is 16.6. The van der Waals surface area contributed by atoms with E-state index in [0.29, 0.717) is 17.3 Å². The fourth-order valence-electron chi connectivity index (χ4n) is 11.9. The smallest absolute Gasteiger partial charge is 0.0459 e. The van der Waals surface area contributed by atoms with Crippen molar-refractivity contribution < 1.29 is 39.6 Å². The number of carbonyl (C=O) groups is 4. The first-order valence-corrected chi connectivity index (χ1v) is 37.1. The number of carboxylic acids is 4. The highest BCUT2D eigenvalue weighted by atomic mass is 32.2. The highest BCUT2D eigenvalue weighted by Crippen LogP contribution is 2.60. The van der Waals surface area contributed by atoms with Crippen LogP contribution < -0.4 is 20.4 Å². The predicted octanol–water partition coefficient (Wildman–Crippen LogP) is 15.5. The molecule has 0 saturated carbocycles. The number of hydrogen-bond donors (Lipinski definition) is 0. The van der Waals surface area contributed by atoms with Crippen molar-refractivity contribution in [3.8, 4) is 0 Å². The van der Waals surface area contributed by atoms with Crippen LogP contribution in [0, 0.1) is 34.5 Å². The SMILES string of the molecule is CCCCCCCCCCCCSCC(CC(C)(C)C(C(CSCCCCCCCCCCCC)C(=O)[O-])(C(CSCCCCCCCCCCCC)C(=O)[O-])C(CSCCCCCCCCCCCC)C(=O)[O-])C(=O)[O-]. The Morgan fingerprint density at radius 1 is 0.299 bits per heavy atom. The van der Waals surface area contributed by atoms with Crippen LogP contribution >= 0.6 is 47.0 Å². The molecule has 4 atom stereocenters. The minimum atomic E-state index is -2.02. The number of carbonyl (C=O) groups excluding carboxylic acids is 4. The first-order valence-electron chi connectivity index (χ1n) is 32.4. The van der Waals surface area contributed by atoms with E-state index in [1.54, 1.807) is 13.8 Å². The van der Waals surface area contributed by atoms with Crippen molar-refractivity contribution in [2.45, 2.75) is 305 Å². The maximum absolute atomic E-state index is 14.0. The first kappa shape index (κ1) is 76.3. The van der Waals surface area contributed by atoms with Gasteiger partial charge in [0.05, 0.1) is 0 Å². The van der Waals surface area contributed by atoms with E-state index in [1.807, 2.05) is 0 Å². The van der Waals surface area contributed by atoms with Gasteiger partial charge in [-0.3, -0.25) is 0 Å². The number of hydrogen-bond acceptors (Lipinski definition) is 12. The molecule has 0 rings (SSSR count). The molecular weight excluding hydrogens is 1040 g/mol. The van der Waals surface area contributed by atoms with Gasteiger partial charge >= 0.3 is 0 Å². The lowest BCUT2D eigenvalue weighted by Crippen LogP contribution is -2.67. The monoisotopic (exact) mass is 1160 g/mol. The third kappa shape index (κ3) is 37.9. The molecule has 0 saturated heterocycles. The molecule has 0 aliphatic heterocycles. The van der Waals surface area contributed by atoms with Gasteiger partial charge in [-0.2, -0.15) is 47.0 Å². The van der Waals surface area contributed by atoms with Crippen molar-refractivity contribution in [3.05, 3.63) is 0 Å². The Labute approximate surface area is 492 Å². The molecule has 12 heteroatoms. The standard InChI is InChI=1S/C65H124O8S4/c1-7-11-15-19-23-27-31-35-39-43-47-74-52-56(60(66)67)51-64(5,6)65(57(61(68)69)53-75-48-44-40-36-32-28-24-20-16-12-8-2,58(62(70)71)54-76-49-45-41-37-33-29-25-21-17-13-9-3)59(63(72)73)55-77-50-46-42-38-34-30-26-22-18-14-10-4/h56-59H,7-55H2,1-6H3,(H,66,67)(H,68,69)(H,70,71)(H,72,73)/p-4. The van der Waals surface area contributed by atoms with Crippen LogP contribution in [0.2, 0.25) is 0 Å². The Hall–Kier alpha value is -0.720. The van der Waals surface area contributed by atoms with E-state index in [1.165, 1.54) is 208 Å². The van der Waals surface area contributed by atoms with Gasteiger partial charge in [0.1, 0.15) is 0 Å². The van der Waals surface area contributed by atoms with Gasteiger partial charge in [-0.25, -0.2) is 0 Å². The van der Waals surface area contributed by atoms with Crippen LogP contribution in [0.5, 0.6) is 0 Å². The van der Waals surface area contributed by atoms with E-state index in [0.717, 1.165) is 102 Å². The minimum Gasteiger partial charge on any atom is -0.550 e. The molecule has 0 aromatic rings. The minimum absolute atomic E-state index is 0.0492. The van der Waals surface area contributed by atoms with E-state index in [-0.39, 0.29) is 29.4 Å². The number of unbranched alkanes of at least 4 members (excludes halogenated alkanes) is 36. The fraction of sp³-hybridized carbons (Fsp3) is 0.938. The van der Waals surface area contributed by atoms with E-state index >= 15 is 0 Å². The quantitative estimate of drug-likeness (QED) is 0.0531. The van der Waals surface area contributed by atoms with Crippen molar-refractivity contribution >= 4 is 70.9 Å². The molecule has 456 valence electrons. The highest BCUT2D eigenvalue weighted by molar-refractivity contribution is 8.00. The molecule has 0 radical (unpaired) electrons. The summed E-state index contributed by atoms with van der Waals surface area (Å²) in [6.45, 7) is 12.4. The van der Waals surface area contributed by atoms with Crippen LogP contribution in [0.4, 0.5) is 0 Å². The summed E-state index contributed by atoms with van der Waals surface area (Å²) in [5, 5.41) is 55.4. The van der Waals surface area contributed by atoms with Crippen molar-refractivity contribution in [1.82, 2.24) is 0 Å². The Balaban J connectivity index is 6.83. The van der Waals surface area contributed by atoms with Crippen LogP contribution in [-0.2, 0) is 19.2 Å². The van der Waals surface area contributed by atoms with E-state index < -0.39 is 58.4 Å². The van der Waals surface area contributed by atoms with Crippen molar-refractivity contribution in [1.29, 1.82) is 0 Å². The largest absolute Gasteiger partial charge is 0.550 e. The topological polar surface area (TPSA) is 161 Å².